The van der Waals surface area contributed by atoms with E-state index in [1.165, 1.54) is 13.1 Å². The molecule has 3 aliphatic heterocycles. The van der Waals surface area contributed by atoms with Crippen LogP contribution in [0, 0.1) is 0 Å². The van der Waals surface area contributed by atoms with Crippen molar-refractivity contribution in [1.82, 2.24) is 25.3 Å². The summed E-state index contributed by atoms with van der Waals surface area (Å²) in [5.41, 5.74) is 0.129. The molecule has 0 aliphatic carbocycles. The van der Waals surface area contributed by atoms with Gasteiger partial charge in [-0.25, -0.2) is 0 Å². The second-order valence-electron chi connectivity index (χ2n) is 6.83. The lowest BCUT2D eigenvalue weighted by Crippen LogP contribution is -2.57. The molecule has 6 heteroatoms. The number of hydrogen-bond acceptors (Lipinski definition) is 6. The van der Waals surface area contributed by atoms with Crippen LogP contribution in [0.4, 0.5) is 0 Å². The van der Waals surface area contributed by atoms with E-state index in [1.54, 1.807) is 0 Å². The SMILES string of the molecule is CC(C)(C)NCCc1nc(C2CN3CCN2CC3)no1. The number of piperazine rings is 3. The minimum absolute atomic E-state index is 0.129. The van der Waals surface area contributed by atoms with E-state index in [0.717, 1.165) is 44.3 Å². The Bertz CT molecular complexity index is 445. The molecule has 0 spiro atoms. The Morgan fingerprint density at radius 1 is 1.25 bits per heavy atom. The van der Waals surface area contributed by atoms with Crippen molar-refractivity contribution in [3.05, 3.63) is 11.7 Å². The zero-order valence-electron chi connectivity index (χ0n) is 12.7. The fourth-order valence-corrected chi connectivity index (χ4v) is 2.91. The minimum Gasteiger partial charge on any atom is -0.339 e. The van der Waals surface area contributed by atoms with Crippen LogP contribution in [0.3, 0.4) is 0 Å². The highest BCUT2D eigenvalue weighted by atomic mass is 16.5. The molecule has 3 aliphatic rings. The maximum atomic E-state index is 5.39. The summed E-state index contributed by atoms with van der Waals surface area (Å²) >= 11 is 0. The number of aromatic nitrogens is 2. The number of rotatable bonds is 4. The molecule has 0 radical (unpaired) electrons. The molecule has 112 valence electrons. The zero-order chi connectivity index (χ0) is 14.2. The summed E-state index contributed by atoms with van der Waals surface area (Å²) in [5, 5.41) is 7.63. The van der Waals surface area contributed by atoms with Crippen LogP contribution in [0.1, 0.15) is 38.5 Å². The van der Waals surface area contributed by atoms with Gasteiger partial charge in [-0.1, -0.05) is 5.16 Å². The second kappa shape index (κ2) is 5.42. The molecule has 1 aromatic heterocycles. The molecule has 6 nitrogen and oxygen atoms in total. The van der Waals surface area contributed by atoms with Gasteiger partial charge in [0.15, 0.2) is 5.82 Å². The maximum Gasteiger partial charge on any atom is 0.227 e. The lowest BCUT2D eigenvalue weighted by atomic mass is 10.1. The highest BCUT2D eigenvalue weighted by Crippen LogP contribution is 2.26. The van der Waals surface area contributed by atoms with Gasteiger partial charge in [0.1, 0.15) is 0 Å². The molecule has 4 heterocycles. The van der Waals surface area contributed by atoms with Crippen molar-refractivity contribution in [3.8, 4) is 0 Å². The van der Waals surface area contributed by atoms with Crippen LogP contribution in [-0.4, -0.2) is 64.7 Å². The average molecular weight is 279 g/mol. The molecule has 3 fully saturated rings. The Labute approximate surface area is 120 Å². The highest BCUT2D eigenvalue weighted by Gasteiger charge is 2.35. The van der Waals surface area contributed by atoms with Crippen LogP contribution in [0.15, 0.2) is 4.52 Å². The molecule has 1 N–H and O–H groups in total. The summed E-state index contributed by atoms with van der Waals surface area (Å²) in [6.07, 6.45) is 0.792. The van der Waals surface area contributed by atoms with Crippen LogP contribution < -0.4 is 5.32 Å². The van der Waals surface area contributed by atoms with Gasteiger partial charge in [-0.15, -0.1) is 0 Å². The van der Waals surface area contributed by atoms with E-state index in [9.17, 15) is 0 Å². The third-order valence-corrected chi connectivity index (χ3v) is 4.05. The fourth-order valence-electron chi connectivity index (χ4n) is 2.91. The molecule has 1 unspecified atom stereocenters. The van der Waals surface area contributed by atoms with Gasteiger partial charge < -0.3 is 9.84 Å². The van der Waals surface area contributed by atoms with E-state index in [2.05, 4.69) is 46.0 Å². The van der Waals surface area contributed by atoms with Crippen molar-refractivity contribution in [2.24, 2.45) is 0 Å². The number of nitrogens with zero attached hydrogens (tertiary/aromatic N) is 4. The summed E-state index contributed by atoms with van der Waals surface area (Å²) in [4.78, 5) is 9.55. The predicted molar refractivity (Wildman–Crippen MR) is 76.5 cm³/mol. The third kappa shape index (κ3) is 3.19. The first kappa shape index (κ1) is 14.0. The monoisotopic (exact) mass is 279 g/mol. The molecule has 20 heavy (non-hydrogen) atoms. The van der Waals surface area contributed by atoms with Gasteiger partial charge in [-0.05, 0) is 20.8 Å². The Hall–Kier alpha value is -0.980. The first-order valence-electron chi connectivity index (χ1n) is 7.55. The van der Waals surface area contributed by atoms with Gasteiger partial charge in [0, 0.05) is 51.2 Å². The topological polar surface area (TPSA) is 57.4 Å². The summed E-state index contributed by atoms with van der Waals surface area (Å²) in [7, 11) is 0. The first-order valence-corrected chi connectivity index (χ1v) is 7.55. The quantitative estimate of drug-likeness (QED) is 0.874. The number of nitrogens with one attached hydrogen (secondary N) is 1. The normalized spacial score (nSPS) is 29.9. The average Bonchev–Trinajstić information content (AvgIpc) is 2.87. The molecule has 2 bridgehead atoms. The van der Waals surface area contributed by atoms with E-state index in [4.69, 9.17) is 4.52 Å². The van der Waals surface area contributed by atoms with Gasteiger partial charge in [-0.2, -0.15) is 4.98 Å². The second-order valence-corrected chi connectivity index (χ2v) is 6.83. The lowest BCUT2D eigenvalue weighted by molar-refractivity contribution is 0.00781. The van der Waals surface area contributed by atoms with Crippen LogP contribution in [0.25, 0.3) is 0 Å². The van der Waals surface area contributed by atoms with Gasteiger partial charge in [0.05, 0.1) is 6.04 Å². The Balaban J connectivity index is 1.57. The number of hydrogen-bond donors (Lipinski definition) is 1. The Kier molecular flexibility index (Phi) is 3.79. The highest BCUT2D eigenvalue weighted by molar-refractivity contribution is 5.01. The molecule has 0 aromatic carbocycles. The molecular formula is C14H25N5O. The standard InChI is InChI=1S/C14H25N5O/c1-14(2,3)15-5-4-12-16-13(17-20-12)11-10-18-6-8-19(11)9-7-18/h11,15H,4-10H2,1-3H3. The molecule has 3 saturated heterocycles. The maximum absolute atomic E-state index is 5.39. The van der Waals surface area contributed by atoms with E-state index in [1.807, 2.05) is 0 Å². The van der Waals surface area contributed by atoms with Gasteiger partial charge in [0.25, 0.3) is 0 Å². The van der Waals surface area contributed by atoms with Crippen LogP contribution in [0.2, 0.25) is 0 Å². The summed E-state index contributed by atoms with van der Waals surface area (Å²) < 4.78 is 5.39. The minimum atomic E-state index is 0.129. The third-order valence-electron chi connectivity index (χ3n) is 4.05. The van der Waals surface area contributed by atoms with Crippen molar-refractivity contribution in [3.63, 3.8) is 0 Å². The van der Waals surface area contributed by atoms with Crippen molar-refractivity contribution < 1.29 is 4.52 Å². The van der Waals surface area contributed by atoms with Gasteiger partial charge in [0.2, 0.25) is 5.89 Å². The summed E-state index contributed by atoms with van der Waals surface area (Å²) in [6, 6.07) is 0.325. The van der Waals surface area contributed by atoms with E-state index >= 15 is 0 Å². The number of fused-ring (bicyclic) bond motifs is 3. The molecule has 1 aromatic rings. The summed E-state index contributed by atoms with van der Waals surface area (Å²) in [5.74, 6) is 1.61. The lowest BCUT2D eigenvalue weighted by Gasteiger charge is -2.46. The Morgan fingerprint density at radius 2 is 2.00 bits per heavy atom. The molecule has 0 saturated carbocycles. The van der Waals surface area contributed by atoms with Crippen molar-refractivity contribution in [2.75, 3.05) is 39.3 Å². The van der Waals surface area contributed by atoms with E-state index in [-0.39, 0.29) is 5.54 Å². The molecule has 4 rings (SSSR count). The molecule has 1 atom stereocenters. The van der Waals surface area contributed by atoms with Crippen LogP contribution >= 0.6 is 0 Å². The van der Waals surface area contributed by atoms with Gasteiger partial charge in [-0.3, -0.25) is 9.80 Å². The van der Waals surface area contributed by atoms with Crippen LogP contribution in [-0.2, 0) is 6.42 Å². The predicted octanol–water partition coefficient (Wildman–Crippen LogP) is 0.673. The van der Waals surface area contributed by atoms with E-state index < -0.39 is 0 Å². The molecular weight excluding hydrogens is 254 g/mol. The smallest absolute Gasteiger partial charge is 0.227 e. The largest absolute Gasteiger partial charge is 0.339 e. The zero-order valence-corrected chi connectivity index (χ0v) is 12.7. The van der Waals surface area contributed by atoms with Crippen LogP contribution in [0.5, 0.6) is 0 Å². The summed E-state index contributed by atoms with van der Waals surface area (Å²) in [6.45, 7) is 13.0. The van der Waals surface area contributed by atoms with Crippen molar-refractivity contribution in [1.29, 1.82) is 0 Å². The fraction of sp³-hybridized carbons (Fsp3) is 0.857. The van der Waals surface area contributed by atoms with E-state index in [0.29, 0.717) is 6.04 Å². The Morgan fingerprint density at radius 3 is 2.60 bits per heavy atom. The van der Waals surface area contributed by atoms with Crippen molar-refractivity contribution in [2.45, 2.75) is 38.8 Å². The molecule has 0 amide bonds. The van der Waals surface area contributed by atoms with Gasteiger partial charge >= 0.3 is 0 Å². The first-order chi connectivity index (χ1) is 9.51. The van der Waals surface area contributed by atoms with Crippen molar-refractivity contribution >= 4 is 0 Å².